The van der Waals surface area contributed by atoms with E-state index < -0.39 is 0 Å². The number of methoxy groups -OCH3 is 1. The molecule has 2 aliphatic rings. The average Bonchev–Trinajstić information content (AvgIpc) is 2.76. The van der Waals surface area contributed by atoms with E-state index in [-0.39, 0.29) is 0 Å². The van der Waals surface area contributed by atoms with Crippen molar-refractivity contribution in [2.45, 2.75) is 18.8 Å². The fraction of sp³-hybridized carbons (Fsp3) is 0.538. The van der Waals surface area contributed by atoms with Gasteiger partial charge < -0.3 is 10.1 Å². The van der Waals surface area contributed by atoms with Crippen LogP contribution < -0.4 is 10.1 Å². The molecule has 1 aliphatic carbocycles. The molecule has 0 aromatic heterocycles. The van der Waals surface area contributed by atoms with E-state index in [2.05, 4.69) is 23.5 Å². The van der Waals surface area contributed by atoms with E-state index in [4.69, 9.17) is 4.74 Å². The van der Waals surface area contributed by atoms with Gasteiger partial charge in [0.25, 0.3) is 0 Å². The smallest absolute Gasteiger partial charge is 0.119 e. The summed E-state index contributed by atoms with van der Waals surface area (Å²) in [6.07, 6.45) is 2.55. The van der Waals surface area contributed by atoms with Gasteiger partial charge in [0, 0.05) is 12.5 Å². The van der Waals surface area contributed by atoms with Crippen LogP contribution in [0.2, 0.25) is 0 Å². The molecule has 15 heavy (non-hydrogen) atoms. The summed E-state index contributed by atoms with van der Waals surface area (Å²) in [7, 11) is 1.74. The molecule has 1 saturated heterocycles. The third-order valence-electron chi connectivity index (χ3n) is 3.87. The standard InChI is InChI=1S/C13H17NO/c1-15-11-4-5-12-9(6-11)2-3-10-7-14-8-13(10)12/h4-6,10,13-14H,2-3,7-8H2,1H3/t10-,13+/m0/s1. The van der Waals surface area contributed by atoms with Gasteiger partial charge in [0.2, 0.25) is 0 Å². The van der Waals surface area contributed by atoms with Crippen LogP contribution in [0.5, 0.6) is 5.75 Å². The Morgan fingerprint density at radius 1 is 1.33 bits per heavy atom. The zero-order valence-electron chi connectivity index (χ0n) is 9.12. The molecule has 1 aliphatic heterocycles. The molecule has 0 unspecified atom stereocenters. The Morgan fingerprint density at radius 3 is 3.13 bits per heavy atom. The quantitative estimate of drug-likeness (QED) is 0.753. The van der Waals surface area contributed by atoms with Crippen LogP contribution in [0.4, 0.5) is 0 Å². The minimum atomic E-state index is 0.750. The molecule has 80 valence electrons. The third-order valence-corrected chi connectivity index (χ3v) is 3.87. The molecule has 1 N–H and O–H groups in total. The molecule has 1 aromatic carbocycles. The van der Waals surface area contributed by atoms with Gasteiger partial charge in [0.05, 0.1) is 7.11 Å². The molecule has 2 nitrogen and oxygen atoms in total. The van der Waals surface area contributed by atoms with Crippen LogP contribution in [0.25, 0.3) is 0 Å². The largest absolute Gasteiger partial charge is 0.497 e. The normalized spacial score (nSPS) is 28.3. The summed E-state index contributed by atoms with van der Waals surface area (Å²) in [6, 6.07) is 6.57. The SMILES string of the molecule is COc1ccc2c(c1)CC[C@H]1CNC[C@@H]21. The van der Waals surface area contributed by atoms with Crippen molar-refractivity contribution in [3.63, 3.8) is 0 Å². The lowest BCUT2D eigenvalue weighted by Crippen LogP contribution is -2.18. The number of hydrogen-bond donors (Lipinski definition) is 1. The number of ether oxygens (including phenoxy) is 1. The Kier molecular flexibility index (Phi) is 2.17. The van der Waals surface area contributed by atoms with Gasteiger partial charge in [-0.05, 0) is 48.6 Å². The lowest BCUT2D eigenvalue weighted by atomic mass is 9.77. The second-order valence-electron chi connectivity index (χ2n) is 4.63. The van der Waals surface area contributed by atoms with E-state index >= 15 is 0 Å². The fourth-order valence-corrected chi connectivity index (χ4v) is 3.03. The Morgan fingerprint density at radius 2 is 2.27 bits per heavy atom. The first-order valence-electron chi connectivity index (χ1n) is 5.76. The minimum absolute atomic E-state index is 0.750. The Balaban J connectivity index is 2.00. The molecule has 1 fully saturated rings. The van der Waals surface area contributed by atoms with Crippen molar-refractivity contribution in [2.24, 2.45) is 5.92 Å². The van der Waals surface area contributed by atoms with E-state index in [1.807, 2.05) is 0 Å². The van der Waals surface area contributed by atoms with Gasteiger partial charge in [-0.3, -0.25) is 0 Å². The number of nitrogens with one attached hydrogen (secondary N) is 1. The topological polar surface area (TPSA) is 21.3 Å². The minimum Gasteiger partial charge on any atom is -0.497 e. The van der Waals surface area contributed by atoms with Crippen molar-refractivity contribution in [3.8, 4) is 5.75 Å². The van der Waals surface area contributed by atoms with Gasteiger partial charge in [0.15, 0.2) is 0 Å². The summed E-state index contributed by atoms with van der Waals surface area (Å²) in [5, 5.41) is 3.50. The molecule has 0 bridgehead atoms. The molecule has 0 amide bonds. The van der Waals surface area contributed by atoms with E-state index in [1.165, 1.54) is 24.9 Å². The molecule has 2 heteroatoms. The number of hydrogen-bond acceptors (Lipinski definition) is 2. The van der Waals surface area contributed by atoms with E-state index in [0.29, 0.717) is 0 Å². The molecule has 1 aromatic rings. The van der Waals surface area contributed by atoms with Crippen LogP contribution in [-0.2, 0) is 6.42 Å². The second-order valence-corrected chi connectivity index (χ2v) is 4.63. The summed E-state index contributed by atoms with van der Waals surface area (Å²) >= 11 is 0. The number of benzene rings is 1. The number of fused-ring (bicyclic) bond motifs is 3. The number of rotatable bonds is 1. The van der Waals surface area contributed by atoms with Crippen LogP contribution in [0.3, 0.4) is 0 Å². The van der Waals surface area contributed by atoms with Gasteiger partial charge in [-0.25, -0.2) is 0 Å². The predicted octanol–water partition coefficient (Wildman–Crippen LogP) is 1.94. The molecule has 0 spiro atoms. The molecular weight excluding hydrogens is 186 g/mol. The highest BCUT2D eigenvalue weighted by atomic mass is 16.5. The molecular formula is C13H17NO. The summed E-state index contributed by atoms with van der Waals surface area (Å²) < 4.78 is 5.28. The van der Waals surface area contributed by atoms with Crippen LogP contribution in [0, 0.1) is 5.92 Å². The van der Waals surface area contributed by atoms with Gasteiger partial charge in [0.1, 0.15) is 5.75 Å². The van der Waals surface area contributed by atoms with Gasteiger partial charge in [-0.15, -0.1) is 0 Å². The average molecular weight is 203 g/mol. The highest BCUT2D eigenvalue weighted by molar-refractivity contribution is 5.40. The maximum Gasteiger partial charge on any atom is 0.119 e. The van der Waals surface area contributed by atoms with Crippen molar-refractivity contribution in [1.29, 1.82) is 0 Å². The van der Waals surface area contributed by atoms with E-state index in [1.54, 1.807) is 12.7 Å². The van der Waals surface area contributed by atoms with Gasteiger partial charge in [-0.2, -0.15) is 0 Å². The summed E-state index contributed by atoms with van der Waals surface area (Å²) in [5.41, 5.74) is 3.05. The Labute approximate surface area is 90.6 Å². The molecule has 3 rings (SSSR count). The third kappa shape index (κ3) is 1.44. The van der Waals surface area contributed by atoms with Crippen LogP contribution in [0.1, 0.15) is 23.5 Å². The van der Waals surface area contributed by atoms with Crippen molar-refractivity contribution < 1.29 is 4.74 Å². The highest BCUT2D eigenvalue weighted by Gasteiger charge is 2.33. The first-order chi connectivity index (χ1) is 7.38. The Hall–Kier alpha value is -1.02. The Bertz CT molecular complexity index is 375. The summed E-state index contributed by atoms with van der Waals surface area (Å²) in [5.74, 6) is 2.61. The van der Waals surface area contributed by atoms with Gasteiger partial charge >= 0.3 is 0 Å². The molecule has 2 atom stereocenters. The van der Waals surface area contributed by atoms with Crippen molar-refractivity contribution in [2.75, 3.05) is 20.2 Å². The monoisotopic (exact) mass is 203 g/mol. The zero-order valence-corrected chi connectivity index (χ0v) is 9.12. The lowest BCUT2D eigenvalue weighted by molar-refractivity contribution is 0.409. The van der Waals surface area contributed by atoms with Gasteiger partial charge in [-0.1, -0.05) is 6.07 Å². The van der Waals surface area contributed by atoms with Crippen LogP contribution >= 0.6 is 0 Å². The first-order valence-corrected chi connectivity index (χ1v) is 5.76. The van der Waals surface area contributed by atoms with Crippen LogP contribution in [-0.4, -0.2) is 20.2 Å². The van der Waals surface area contributed by atoms with Crippen molar-refractivity contribution in [1.82, 2.24) is 5.32 Å². The maximum absolute atomic E-state index is 5.28. The fourth-order valence-electron chi connectivity index (χ4n) is 3.03. The van der Waals surface area contributed by atoms with Crippen LogP contribution in [0.15, 0.2) is 18.2 Å². The first kappa shape index (κ1) is 9.22. The van der Waals surface area contributed by atoms with Crippen molar-refractivity contribution >= 4 is 0 Å². The summed E-state index contributed by atoms with van der Waals surface area (Å²) in [4.78, 5) is 0. The second kappa shape index (κ2) is 3.53. The van der Waals surface area contributed by atoms with E-state index in [0.717, 1.165) is 24.1 Å². The molecule has 1 heterocycles. The molecule has 0 saturated carbocycles. The lowest BCUT2D eigenvalue weighted by Gasteiger charge is -2.27. The summed E-state index contributed by atoms with van der Waals surface area (Å²) in [6.45, 7) is 2.36. The predicted molar refractivity (Wildman–Crippen MR) is 60.4 cm³/mol. The van der Waals surface area contributed by atoms with Crippen molar-refractivity contribution in [3.05, 3.63) is 29.3 Å². The van der Waals surface area contributed by atoms with E-state index in [9.17, 15) is 0 Å². The zero-order chi connectivity index (χ0) is 10.3. The molecule has 0 radical (unpaired) electrons. The maximum atomic E-state index is 5.28. The number of aryl methyl sites for hydroxylation is 1. The highest BCUT2D eigenvalue weighted by Crippen LogP contribution is 2.39.